The van der Waals surface area contributed by atoms with E-state index in [1.54, 1.807) is 56.6 Å². The average molecular weight is 1540 g/mol. The Balaban J connectivity index is 0.000000147. The molecule has 4 atom stereocenters. The predicted molar refractivity (Wildman–Crippen MR) is 432 cm³/mol. The molecule has 12 heterocycles. The number of pyridine rings is 2. The number of halogens is 3. The number of imidazole rings is 4. The topological polar surface area (TPSA) is 237 Å². The van der Waals surface area contributed by atoms with Crippen molar-refractivity contribution in [1.82, 2.24) is 67.6 Å². The van der Waals surface area contributed by atoms with Gasteiger partial charge in [-0.1, -0.05) is 74.0 Å². The minimum absolute atomic E-state index is 0. The molecule has 580 valence electrons. The molecular weight excluding hydrogens is 1440 g/mol. The maximum absolute atomic E-state index is 14.1. The first-order valence-electron chi connectivity index (χ1n) is 39.2. The Labute approximate surface area is 653 Å². The number of fused-ring (bicyclic) bond motifs is 4. The third kappa shape index (κ3) is 15.6. The van der Waals surface area contributed by atoms with Crippen LogP contribution in [0.3, 0.4) is 0 Å². The summed E-state index contributed by atoms with van der Waals surface area (Å²) >= 11 is 0. The molecule has 4 aliphatic heterocycles. The van der Waals surface area contributed by atoms with Crippen LogP contribution < -0.4 is 36.3 Å². The first-order chi connectivity index (χ1) is 54.1. The first-order valence-corrected chi connectivity index (χ1v) is 39.2. The normalized spacial score (nSPS) is 19.1. The van der Waals surface area contributed by atoms with Crippen molar-refractivity contribution in [3.63, 3.8) is 0 Å². The monoisotopic (exact) mass is 1530 g/mol. The van der Waals surface area contributed by atoms with E-state index in [0.717, 1.165) is 231 Å². The summed E-state index contributed by atoms with van der Waals surface area (Å²) in [5, 5.41) is 13.4. The summed E-state index contributed by atoms with van der Waals surface area (Å²) in [6.07, 6.45) is 13.8. The van der Waals surface area contributed by atoms with Gasteiger partial charge in [0.15, 0.2) is 22.9 Å². The molecule has 27 heteroatoms. The second-order valence-corrected chi connectivity index (χ2v) is 30.0. The van der Waals surface area contributed by atoms with Gasteiger partial charge in [0.2, 0.25) is 0 Å². The lowest BCUT2D eigenvalue weighted by Crippen LogP contribution is -2.47. The van der Waals surface area contributed by atoms with Crippen LogP contribution in [0, 0.1) is 11.6 Å². The lowest BCUT2D eigenvalue weighted by Gasteiger charge is -2.35. The number of benzene rings is 4. The molecule has 24 nitrogen and oxygen atoms in total. The highest BCUT2D eigenvalue weighted by Crippen LogP contribution is 2.39. The van der Waals surface area contributed by atoms with E-state index in [2.05, 4.69) is 64.9 Å². The van der Waals surface area contributed by atoms with Crippen molar-refractivity contribution in [3.05, 3.63) is 213 Å². The Morgan fingerprint density at radius 1 is 0.473 bits per heavy atom. The maximum Gasteiger partial charge on any atom is 0.329 e. The number of carbonyl (C=O) groups is 4. The molecule has 18 rings (SSSR count). The van der Waals surface area contributed by atoms with Crippen LogP contribution in [0.25, 0.3) is 56.1 Å². The Bertz CT molecular complexity index is 5620. The van der Waals surface area contributed by atoms with Crippen LogP contribution in [-0.2, 0) is 46.1 Å². The van der Waals surface area contributed by atoms with Gasteiger partial charge in [-0.25, -0.2) is 47.3 Å². The molecule has 1 N–H and O–H groups in total. The summed E-state index contributed by atoms with van der Waals surface area (Å²) in [6, 6.07) is 44.9. The zero-order valence-corrected chi connectivity index (χ0v) is 64.2. The van der Waals surface area contributed by atoms with E-state index in [1.807, 2.05) is 112 Å². The number of carbonyl (C=O) groups excluding carboxylic acids is 4. The number of piperazine rings is 2. The molecule has 0 amide bonds. The molecule has 2 aliphatic carbocycles. The molecule has 2 saturated carbocycles. The average Bonchev–Trinajstić information content (AvgIpc) is 1.60. The second kappa shape index (κ2) is 33.5. The van der Waals surface area contributed by atoms with Gasteiger partial charge in [-0.15, -0.1) is 22.6 Å². The molecular formula is C85H93ClF2N18O6. The van der Waals surface area contributed by atoms with Crippen molar-refractivity contribution in [1.29, 1.82) is 0 Å². The predicted octanol–water partition coefficient (Wildman–Crippen LogP) is 12.2. The number of rotatable bonds is 17. The number of para-hydroxylation sites is 2. The Hall–Kier alpha value is -11.1. The van der Waals surface area contributed by atoms with Gasteiger partial charge < -0.3 is 24.9 Å². The molecule has 12 aromatic rings. The van der Waals surface area contributed by atoms with Gasteiger partial charge in [-0.3, -0.25) is 42.3 Å². The summed E-state index contributed by atoms with van der Waals surface area (Å²) in [6.45, 7) is 12.2. The van der Waals surface area contributed by atoms with Crippen molar-refractivity contribution in [3.8, 4) is 22.8 Å². The van der Waals surface area contributed by atoms with E-state index in [9.17, 15) is 37.5 Å². The minimum atomic E-state index is -0.582. The third-order valence-electron chi connectivity index (χ3n) is 23.0. The third-order valence-corrected chi connectivity index (χ3v) is 23.0. The molecule has 6 aliphatic rings. The molecule has 2 unspecified atom stereocenters. The molecule has 4 saturated heterocycles. The van der Waals surface area contributed by atoms with Crippen LogP contribution in [0.5, 0.6) is 0 Å². The highest BCUT2D eigenvalue weighted by atomic mass is 35.5. The molecule has 8 aromatic heterocycles. The lowest BCUT2D eigenvalue weighted by molar-refractivity contribution is -0.133. The summed E-state index contributed by atoms with van der Waals surface area (Å²) < 4.78 is 38.2. The number of ketones is 4. The SMILES string of the molecule is CCCCc1cccc2c1n(C)c(=O)n2C1CCC(=O)CC1=O.Cl.Cn1c(=O)n(C2CCC(=O)CC2=O)c2cccc(CCCN3CCN(c4cccc(-c5cnc6ccc(N7CCC[C@@H]7c7cccc(F)c7)nn56)n4)CC3)c21.Fc1cccc([C@H]2CCCN2c2ccc3ncc(-c4cccc(N5CCNCC5)n4)n3n2)c1. The van der Waals surface area contributed by atoms with Gasteiger partial charge in [-0.2, -0.15) is 0 Å². The quantitative estimate of drug-likeness (QED) is 0.0834. The van der Waals surface area contributed by atoms with Crippen LogP contribution in [-0.4, -0.2) is 157 Å². The number of hydrogen-bond acceptors (Lipinski definition) is 18. The highest BCUT2D eigenvalue weighted by molar-refractivity contribution is 6.04. The van der Waals surface area contributed by atoms with E-state index in [0.29, 0.717) is 25.7 Å². The number of aryl methyl sites for hydroxylation is 4. The Kier molecular flexibility index (Phi) is 22.8. The zero-order chi connectivity index (χ0) is 76.4. The number of anilines is 4. The van der Waals surface area contributed by atoms with Gasteiger partial charge in [0, 0.05) is 92.4 Å². The van der Waals surface area contributed by atoms with Crippen molar-refractivity contribution < 1.29 is 28.0 Å². The van der Waals surface area contributed by atoms with E-state index in [4.69, 9.17) is 20.2 Å². The smallest absolute Gasteiger partial charge is 0.329 e. The van der Waals surface area contributed by atoms with Gasteiger partial charge in [-0.05, 0) is 178 Å². The summed E-state index contributed by atoms with van der Waals surface area (Å²) in [7, 11) is 3.53. The van der Waals surface area contributed by atoms with Gasteiger partial charge in [0.25, 0.3) is 0 Å². The molecule has 0 spiro atoms. The number of nitrogens with zero attached hydrogens (tertiary/aromatic N) is 17. The van der Waals surface area contributed by atoms with Gasteiger partial charge in [0.05, 0.1) is 82.9 Å². The fourth-order valence-electron chi connectivity index (χ4n) is 17.3. The highest BCUT2D eigenvalue weighted by Gasteiger charge is 2.35. The van der Waals surface area contributed by atoms with E-state index < -0.39 is 12.1 Å². The Morgan fingerprint density at radius 3 is 1.39 bits per heavy atom. The van der Waals surface area contributed by atoms with Crippen LogP contribution in [0.4, 0.5) is 32.1 Å². The van der Waals surface area contributed by atoms with E-state index in [-0.39, 0.29) is 83.5 Å². The van der Waals surface area contributed by atoms with Crippen LogP contribution >= 0.6 is 12.4 Å². The molecule has 6 fully saturated rings. The molecule has 112 heavy (non-hydrogen) atoms. The minimum Gasteiger partial charge on any atom is -0.354 e. The fraction of sp³-hybridized carbons (Fsp3) is 0.388. The number of nitrogens with one attached hydrogen (secondary N) is 1. The zero-order valence-electron chi connectivity index (χ0n) is 63.4. The Morgan fingerprint density at radius 2 is 0.929 bits per heavy atom. The second-order valence-electron chi connectivity index (χ2n) is 30.0. The molecule has 4 aromatic carbocycles. The fourth-order valence-corrected chi connectivity index (χ4v) is 17.3. The standard InChI is InChI=1S/C42H44FN9O3.C25H26FN7.C18H22N2O3.ClH/c1-47-41-28(7-3-12-35(41)51(42(47)55)34-16-15-31(53)26-37(34)54)9-5-19-48-21-23-49(24-22-48)39-14-4-11-32(45-39)36-27-44-38-17-18-40(46-52(36)38)50-20-6-13-33(50)29-8-2-10-30(43)25-29;26-19-5-1-4-18(16-19)21-7-3-13-32(21)25-10-9-23-28-17-22(33(23)30-25)20-6-2-8-24(29-20)31-14-11-27-12-15-31;1-3-4-6-12-7-5-8-15-17(12)19(2)18(23)20(15)14-10-9-13(21)11-16(14)22;/h2-4,7-8,10-12,14,17-18,25,27,33-34H,5-6,9,13,15-16,19-24,26H2,1H3;1-2,4-6,8-10,16-17,21,27H,3,7,11-15H2;5,7-8,14H,3-4,6,9-11H2,1-2H3;1H/t33-,34?;21-;;/m11../s1. The number of unbranched alkanes of at least 4 members (excludes halogenated alkanes) is 1. The summed E-state index contributed by atoms with van der Waals surface area (Å²) in [4.78, 5) is 105. The van der Waals surface area contributed by atoms with Gasteiger partial charge >= 0.3 is 11.4 Å². The lowest BCUT2D eigenvalue weighted by atomic mass is 9.92. The van der Waals surface area contributed by atoms with E-state index in [1.165, 1.54) is 12.1 Å². The molecule has 0 radical (unpaired) electrons. The first kappa shape index (κ1) is 76.3. The molecule has 0 bridgehead atoms. The largest absolute Gasteiger partial charge is 0.354 e. The summed E-state index contributed by atoms with van der Waals surface area (Å²) in [5.74, 6) is 2.79. The summed E-state index contributed by atoms with van der Waals surface area (Å²) in [5.41, 5.74) is 12.0. The number of Topliss-reactive ketones (excluding diaryl/α,β-unsaturated/α-hetero) is 4. The van der Waals surface area contributed by atoms with Crippen molar-refractivity contribution in [2.24, 2.45) is 14.1 Å². The van der Waals surface area contributed by atoms with Gasteiger partial charge in [0.1, 0.15) is 57.9 Å². The van der Waals surface area contributed by atoms with Crippen LogP contribution in [0.1, 0.15) is 137 Å². The van der Waals surface area contributed by atoms with Crippen molar-refractivity contribution in [2.75, 3.05) is 91.6 Å². The van der Waals surface area contributed by atoms with E-state index >= 15 is 0 Å². The van der Waals surface area contributed by atoms with Crippen molar-refractivity contribution in [2.45, 2.75) is 127 Å². The number of aromatic nitrogens is 12. The van der Waals surface area contributed by atoms with Crippen LogP contribution in [0.15, 0.2) is 168 Å². The van der Waals surface area contributed by atoms with Crippen molar-refractivity contribution >= 4 is 92.2 Å². The van der Waals surface area contributed by atoms with Crippen LogP contribution in [0.2, 0.25) is 0 Å². The maximum atomic E-state index is 14.1. The number of hydrogen-bond donors (Lipinski definition) is 1.